The maximum absolute atomic E-state index is 12.9. The van der Waals surface area contributed by atoms with Gasteiger partial charge in [-0.2, -0.15) is 11.8 Å². The Kier molecular flexibility index (Phi) is 8.33. The van der Waals surface area contributed by atoms with E-state index in [1.807, 2.05) is 30.5 Å². The lowest BCUT2D eigenvalue weighted by atomic mass is 9.96. The lowest BCUT2D eigenvalue weighted by Crippen LogP contribution is -2.48. The van der Waals surface area contributed by atoms with Crippen molar-refractivity contribution in [3.63, 3.8) is 0 Å². The minimum atomic E-state index is -0.808. The molecule has 1 fully saturated rings. The molecule has 0 spiro atoms. The number of alkyl carbamates (subject to hydrolysis) is 1. The zero-order chi connectivity index (χ0) is 24.8. The van der Waals surface area contributed by atoms with Crippen LogP contribution in [0.5, 0.6) is 0 Å². The first kappa shape index (κ1) is 25.1. The van der Waals surface area contributed by atoms with Crippen molar-refractivity contribution < 1.29 is 24.2 Å². The first-order valence-corrected chi connectivity index (χ1v) is 13.5. The van der Waals surface area contributed by atoms with Crippen molar-refractivity contribution in [2.75, 3.05) is 25.2 Å². The molecule has 4 rings (SSSR count). The molecule has 8 heteroatoms. The third kappa shape index (κ3) is 5.81. The minimum Gasteiger partial charge on any atom is -0.481 e. The molecule has 1 saturated carbocycles. The van der Waals surface area contributed by atoms with Crippen LogP contribution in [-0.2, 0) is 14.3 Å². The van der Waals surface area contributed by atoms with Crippen molar-refractivity contribution in [3.8, 4) is 11.1 Å². The quantitative estimate of drug-likeness (QED) is 0.454. The Morgan fingerprint density at radius 3 is 2.34 bits per heavy atom. The molecule has 0 aromatic heterocycles. The number of fused-ring (bicyclic) bond motifs is 3. The van der Waals surface area contributed by atoms with Gasteiger partial charge < -0.3 is 20.5 Å². The van der Waals surface area contributed by atoms with Gasteiger partial charge in [0, 0.05) is 12.5 Å². The van der Waals surface area contributed by atoms with Gasteiger partial charge >= 0.3 is 12.1 Å². The molecular weight excluding hydrogens is 464 g/mol. The predicted molar refractivity (Wildman–Crippen MR) is 136 cm³/mol. The van der Waals surface area contributed by atoms with Gasteiger partial charge in [-0.1, -0.05) is 55.0 Å². The van der Waals surface area contributed by atoms with Gasteiger partial charge in [-0.25, -0.2) is 4.79 Å². The van der Waals surface area contributed by atoms with Gasteiger partial charge in [-0.3, -0.25) is 9.59 Å². The fourth-order valence-corrected chi connectivity index (χ4v) is 5.72. The summed E-state index contributed by atoms with van der Waals surface area (Å²) < 4.78 is 5.61. The number of nitrogens with one attached hydrogen (secondary N) is 2. The number of benzene rings is 2. The summed E-state index contributed by atoms with van der Waals surface area (Å²) in [6.07, 6.45) is 4.06. The number of amides is 2. The fourth-order valence-electron chi connectivity index (χ4n) is 5.25. The molecule has 2 aromatic rings. The van der Waals surface area contributed by atoms with Crippen LogP contribution in [0.15, 0.2) is 48.5 Å². The number of carboxylic acids is 1. The number of aliphatic carboxylic acids is 1. The van der Waals surface area contributed by atoms with Crippen LogP contribution in [-0.4, -0.2) is 54.3 Å². The van der Waals surface area contributed by atoms with Crippen molar-refractivity contribution in [2.24, 2.45) is 11.8 Å². The van der Waals surface area contributed by atoms with Crippen molar-refractivity contribution in [3.05, 3.63) is 59.7 Å². The average Bonchev–Trinajstić information content (AvgIpc) is 3.47. The Morgan fingerprint density at radius 2 is 1.71 bits per heavy atom. The smallest absolute Gasteiger partial charge is 0.407 e. The summed E-state index contributed by atoms with van der Waals surface area (Å²) in [7, 11) is 0. The molecule has 3 N–H and O–H groups in total. The summed E-state index contributed by atoms with van der Waals surface area (Å²) in [5.41, 5.74) is 4.56. The predicted octanol–water partition coefficient (Wildman–Crippen LogP) is 4.26. The average molecular weight is 497 g/mol. The third-order valence-electron chi connectivity index (χ3n) is 7.08. The van der Waals surface area contributed by atoms with Crippen LogP contribution in [0.1, 0.15) is 42.7 Å². The number of hydrogen-bond acceptors (Lipinski definition) is 5. The van der Waals surface area contributed by atoms with E-state index in [1.165, 1.54) is 0 Å². The zero-order valence-electron chi connectivity index (χ0n) is 19.9. The van der Waals surface area contributed by atoms with Crippen molar-refractivity contribution in [1.82, 2.24) is 10.6 Å². The third-order valence-corrected chi connectivity index (χ3v) is 7.72. The van der Waals surface area contributed by atoms with Crippen LogP contribution in [0.25, 0.3) is 11.1 Å². The highest BCUT2D eigenvalue weighted by Crippen LogP contribution is 2.44. The maximum atomic E-state index is 12.9. The number of rotatable bonds is 10. The number of carbonyl (C=O) groups is 3. The van der Waals surface area contributed by atoms with Crippen LogP contribution in [0.3, 0.4) is 0 Å². The first-order chi connectivity index (χ1) is 17.0. The summed E-state index contributed by atoms with van der Waals surface area (Å²) in [5, 5.41) is 15.0. The Hall–Kier alpha value is -3.00. The number of thioether (sulfide) groups is 1. The number of hydrogen-bond donors (Lipinski definition) is 3. The Balaban J connectivity index is 1.35. The van der Waals surface area contributed by atoms with E-state index in [0.717, 1.165) is 35.1 Å². The summed E-state index contributed by atoms with van der Waals surface area (Å²) in [4.78, 5) is 37.0. The summed E-state index contributed by atoms with van der Waals surface area (Å²) in [6.45, 7) is 0.483. The van der Waals surface area contributed by atoms with Gasteiger partial charge in [-0.05, 0) is 59.4 Å². The van der Waals surface area contributed by atoms with Gasteiger partial charge in [0.2, 0.25) is 5.91 Å². The number of carbonyl (C=O) groups excluding carboxylic acids is 2. The fraction of sp³-hybridized carbons (Fsp3) is 0.444. The number of carboxylic acid groups (broad SMARTS) is 1. The molecule has 0 bridgehead atoms. The van der Waals surface area contributed by atoms with Crippen LogP contribution < -0.4 is 10.6 Å². The molecule has 2 aromatic carbocycles. The highest BCUT2D eigenvalue weighted by Gasteiger charge is 2.34. The number of ether oxygens (including phenoxy) is 1. The SMILES string of the molecule is CSCCC(NC(=O)OCC1c2ccccc2-c2ccccc21)C(=O)NCC1CCCC1C(=O)O. The van der Waals surface area contributed by atoms with E-state index in [4.69, 9.17) is 4.74 Å². The highest BCUT2D eigenvalue weighted by molar-refractivity contribution is 7.98. The van der Waals surface area contributed by atoms with Crippen LogP contribution in [0.4, 0.5) is 4.79 Å². The normalized spacial score (nSPS) is 19.5. The summed E-state index contributed by atoms with van der Waals surface area (Å²) in [5.74, 6) is -0.965. The molecular formula is C27H32N2O5S. The van der Waals surface area contributed by atoms with E-state index in [1.54, 1.807) is 11.8 Å². The molecule has 0 aliphatic heterocycles. The van der Waals surface area contributed by atoms with Gasteiger partial charge in [0.25, 0.3) is 0 Å². The van der Waals surface area contributed by atoms with E-state index in [9.17, 15) is 19.5 Å². The molecule has 35 heavy (non-hydrogen) atoms. The second-order valence-electron chi connectivity index (χ2n) is 9.18. The second-order valence-corrected chi connectivity index (χ2v) is 10.2. The Labute approximate surface area is 210 Å². The molecule has 186 valence electrons. The summed E-state index contributed by atoms with van der Waals surface area (Å²) in [6, 6.07) is 15.5. The van der Waals surface area contributed by atoms with Crippen molar-refractivity contribution >= 4 is 29.7 Å². The van der Waals surface area contributed by atoms with Crippen molar-refractivity contribution in [2.45, 2.75) is 37.6 Å². The monoisotopic (exact) mass is 496 g/mol. The van der Waals surface area contributed by atoms with Gasteiger partial charge in [0.1, 0.15) is 12.6 Å². The molecule has 3 unspecified atom stereocenters. The maximum Gasteiger partial charge on any atom is 0.407 e. The highest BCUT2D eigenvalue weighted by atomic mass is 32.2. The van der Waals surface area contributed by atoms with Gasteiger partial charge in [0.15, 0.2) is 0 Å². The van der Waals surface area contributed by atoms with Crippen LogP contribution in [0.2, 0.25) is 0 Å². The molecule has 2 aliphatic carbocycles. The molecule has 2 amide bonds. The summed E-state index contributed by atoms with van der Waals surface area (Å²) >= 11 is 1.59. The van der Waals surface area contributed by atoms with E-state index in [0.29, 0.717) is 25.1 Å². The first-order valence-electron chi connectivity index (χ1n) is 12.1. The van der Waals surface area contributed by atoms with E-state index >= 15 is 0 Å². The van der Waals surface area contributed by atoms with Crippen LogP contribution in [0, 0.1) is 11.8 Å². The van der Waals surface area contributed by atoms with Crippen LogP contribution >= 0.6 is 11.8 Å². The van der Waals surface area contributed by atoms with Gasteiger partial charge in [-0.15, -0.1) is 0 Å². The molecule has 7 nitrogen and oxygen atoms in total. The zero-order valence-corrected chi connectivity index (χ0v) is 20.7. The molecule has 0 radical (unpaired) electrons. The standard InChI is InChI=1S/C27H32N2O5S/c1-35-14-13-24(25(30)28-15-17-7-6-12-18(17)26(31)32)29-27(33)34-16-23-21-10-4-2-8-19(21)20-9-3-5-11-22(20)23/h2-5,8-11,17-18,23-24H,6-7,12-16H2,1H3,(H,28,30)(H,29,33)(H,31,32). The molecule has 0 saturated heterocycles. The van der Waals surface area contributed by atoms with E-state index in [2.05, 4.69) is 34.9 Å². The topological polar surface area (TPSA) is 105 Å². The van der Waals surface area contributed by atoms with Crippen molar-refractivity contribution in [1.29, 1.82) is 0 Å². The largest absolute Gasteiger partial charge is 0.481 e. The second kappa shape index (κ2) is 11.6. The van der Waals surface area contributed by atoms with Gasteiger partial charge in [0.05, 0.1) is 5.92 Å². The minimum absolute atomic E-state index is 0.0538. The molecule has 3 atom stereocenters. The lowest BCUT2D eigenvalue weighted by molar-refractivity contribution is -0.143. The molecule has 2 aliphatic rings. The van der Waals surface area contributed by atoms with E-state index < -0.39 is 24.0 Å². The Morgan fingerprint density at radius 1 is 1.06 bits per heavy atom. The molecule has 0 heterocycles. The van der Waals surface area contributed by atoms with E-state index in [-0.39, 0.29) is 24.3 Å². The lowest BCUT2D eigenvalue weighted by Gasteiger charge is -2.21. The Bertz CT molecular complexity index is 1030.